The molecule has 2 nitrogen and oxygen atoms in total. The first-order valence-electron chi connectivity index (χ1n) is 7.94. The SMILES string of the molecule is CCC=CCCc1ccc(C=NN=Cc2ccc(F)c(F)c2)cc1. The molecule has 0 spiro atoms. The standard InChI is InChI=1S/C20H20F2N2/c1-2-3-4-5-6-16-7-9-17(10-8-16)14-23-24-15-18-11-12-19(21)20(22)13-18/h3-4,7-15H,2,5-6H2,1H3. The Balaban J connectivity index is 1.88. The topological polar surface area (TPSA) is 24.7 Å². The quantitative estimate of drug-likeness (QED) is 0.374. The van der Waals surface area contributed by atoms with Crippen LogP contribution in [0, 0.1) is 11.6 Å². The van der Waals surface area contributed by atoms with Crippen molar-refractivity contribution in [2.75, 3.05) is 0 Å². The van der Waals surface area contributed by atoms with E-state index in [9.17, 15) is 8.78 Å². The molecule has 0 aliphatic rings. The predicted octanol–water partition coefficient (Wildman–Crippen LogP) is 5.32. The van der Waals surface area contributed by atoms with Crippen molar-refractivity contribution >= 4 is 12.4 Å². The van der Waals surface area contributed by atoms with E-state index in [0.717, 1.165) is 37.0 Å². The van der Waals surface area contributed by atoms with Crippen LogP contribution in [-0.4, -0.2) is 12.4 Å². The highest BCUT2D eigenvalue weighted by molar-refractivity contribution is 5.82. The third-order valence-electron chi connectivity index (χ3n) is 3.41. The lowest BCUT2D eigenvalue weighted by molar-refractivity contribution is 0.508. The molecular formula is C20H20F2N2. The fraction of sp³-hybridized carbons (Fsp3) is 0.200. The van der Waals surface area contributed by atoms with Crippen LogP contribution < -0.4 is 0 Å². The smallest absolute Gasteiger partial charge is 0.159 e. The molecule has 4 heteroatoms. The second-order valence-corrected chi connectivity index (χ2v) is 5.32. The van der Waals surface area contributed by atoms with E-state index < -0.39 is 11.6 Å². The molecule has 0 atom stereocenters. The molecule has 124 valence electrons. The summed E-state index contributed by atoms with van der Waals surface area (Å²) in [6.45, 7) is 2.12. The monoisotopic (exact) mass is 326 g/mol. The van der Waals surface area contributed by atoms with Crippen LogP contribution >= 0.6 is 0 Å². The summed E-state index contributed by atoms with van der Waals surface area (Å²) in [7, 11) is 0. The summed E-state index contributed by atoms with van der Waals surface area (Å²) < 4.78 is 25.8. The molecule has 2 aromatic carbocycles. The Labute approximate surface area is 141 Å². The Morgan fingerprint density at radius 3 is 2.17 bits per heavy atom. The first-order valence-corrected chi connectivity index (χ1v) is 7.94. The minimum Gasteiger partial charge on any atom is -0.204 e. The van der Waals surface area contributed by atoms with Crippen molar-refractivity contribution in [1.29, 1.82) is 0 Å². The molecular weight excluding hydrogens is 306 g/mol. The minimum atomic E-state index is -0.896. The van der Waals surface area contributed by atoms with Gasteiger partial charge in [-0.2, -0.15) is 10.2 Å². The minimum absolute atomic E-state index is 0.460. The summed E-state index contributed by atoms with van der Waals surface area (Å²) in [6.07, 6.45) is 10.5. The van der Waals surface area contributed by atoms with Gasteiger partial charge in [0.15, 0.2) is 11.6 Å². The van der Waals surface area contributed by atoms with Crippen LogP contribution in [0.3, 0.4) is 0 Å². The second-order valence-electron chi connectivity index (χ2n) is 5.32. The average Bonchev–Trinajstić information content (AvgIpc) is 2.60. The van der Waals surface area contributed by atoms with Crippen molar-refractivity contribution in [3.8, 4) is 0 Å². The fourth-order valence-corrected chi connectivity index (χ4v) is 2.10. The van der Waals surface area contributed by atoms with E-state index in [4.69, 9.17) is 0 Å². The molecule has 0 saturated heterocycles. The largest absolute Gasteiger partial charge is 0.204 e. The van der Waals surface area contributed by atoms with E-state index >= 15 is 0 Å². The lowest BCUT2D eigenvalue weighted by Gasteiger charge is -1.99. The highest BCUT2D eigenvalue weighted by Gasteiger charge is 2.00. The van der Waals surface area contributed by atoms with Crippen LogP contribution in [0.1, 0.15) is 36.5 Å². The second kappa shape index (κ2) is 9.50. The van der Waals surface area contributed by atoms with E-state index in [1.807, 2.05) is 12.1 Å². The fourth-order valence-electron chi connectivity index (χ4n) is 2.10. The predicted molar refractivity (Wildman–Crippen MR) is 95.7 cm³/mol. The summed E-state index contributed by atoms with van der Waals surface area (Å²) >= 11 is 0. The molecule has 0 saturated carbocycles. The lowest BCUT2D eigenvalue weighted by atomic mass is 10.1. The molecule has 0 bridgehead atoms. The van der Waals surface area contributed by atoms with Gasteiger partial charge in [-0.3, -0.25) is 0 Å². The third-order valence-corrected chi connectivity index (χ3v) is 3.41. The first-order chi connectivity index (χ1) is 11.7. The summed E-state index contributed by atoms with van der Waals surface area (Å²) in [5.41, 5.74) is 2.67. The number of benzene rings is 2. The first kappa shape index (κ1) is 17.7. The maximum Gasteiger partial charge on any atom is 0.159 e. The highest BCUT2D eigenvalue weighted by Crippen LogP contribution is 2.08. The maximum atomic E-state index is 13.0. The van der Waals surface area contributed by atoms with Crippen LogP contribution in [0.25, 0.3) is 0 Å². The van der Waals surface area contributed by atoms with Crippen molar-refractivity contribution in [3.05, 3.63) is 82.9 Å². The van der Waals surface area contributed by atoms with Crippen molar-refractivity contribution in [2.24, 2.45) is 10.2 Å². The van der Waals surface area contributed by atoms with Gasteiger partial charge in [-0.25, -0.2) is 8.78 Å². The van der Waals surface area contributed by atoms with Crippen LogP contribution in [0.5, 0.6) is 0 Å². The number of allylic oxidation sites excluding steroid dienone is 2. The van der Waals surface area contributed by atoms with Gasteiger partial charge >= 0.3 is 0 Å². The molecule has 0 radical (unpaired) electrons. The van der Waals surface area contributed by atoms with E-state index in [1.165, 1.54) is 17.8 Å². The van der Waals surface area contributed by atoms with Gasteiger partial charge in [-0.15, -0.1) is 0 Å². The zero-order valence-electron chi connectivity index (χ0n) is 13.6. The normalized spacial score (nSPS) is 12.0. The molecule has 0 aliphatic heterocycles. The van der Waals surface area contributed by atoms with Crippen LogP contribution in [0.2, 0.25) is 0 Å². The summed E-state index contributed by atoms with van der Waals surface area (Å²) in [6, 6.07) is 11.7. The number of hydrogen-bond donors (Lipinski definition) is 0. The molecule has 0 heterocycles. The maximum absolute atomic E-state index is 13.0. The van der Waals surface area contributed by atoms with E-state index in [0.29, 0.717) is 5.56 Å². The van der Waals surface area contributed by atoms with Gasteiger partial charge in [0.1, 0.15) is 0 Å². The molecule has 2 rings (SSSR count). The third kappa shape index (κ3) is 5.88. The summed E-state index contributed by atoms with van der Waals surface area (Å²) in [4.78, 5) is 0. The Hall–Kier alpha value is -2.62. The van der Waals surface area contributed by atoms with Gasteiger partial charge in [0.2, 0.25) is 0 Å². The molecule has 2 aromatic rings. The van der Waals surface area contributed by atoms with Gasteiger partial charge in [-0.05, 0) is 48.1 Å². The summed E-state index contributed by atoms with van der Waals surface area (Å²) in [5.74, 6) is -1.77. The van der Waals surface area contributed by atoms with Crippen molar-refractivity contribution in [3.63, 3.8) is 0 Å². The Bertz CT molecular complexity index is 732. The summed E-state index contributed by atoms with van der Waals surface area (Å²) in [5, 5.41) is 7.77. The zero-order valence-corrected chi connectivity index (χ0v) is 13.6. The molecule has 0 unspecified atom stereocenters. The number of rotatable bonds is 7. The highest BCUT2D eigenvalue weighted by atomic mass is 19.2. The molecule has 0 aromatic heterocycles. The Kier molecular flexibility index (Phi) is 7.02. The van der Waals surface area contributed by atoms with E-state index in [1.54, 1.807) is 6.21 Å². The molecule has 24 heavy (non-hydrogen) atoms. The molecule has 0 fully saturated rings. The molecule has 0 aliphatic carbocycles. The molecule has 0 amide bonds. The van der Waals surface area contributed by atoms with Crippen molar-refractivity contribution in [1.82, 2.24) is 0 Å². The number of nitrogens with zero attached hydrogens (tertiary/aromatic N) is 2. The molecule has 0 N–H and O–H groups in total. The van der Waals surface area contributed by atoms with E-state index in [-0.39, 0.29) is 0 Å². The van der Waals surface area contributed by atoms with Crippen LogP contribution in [0.4, 0.5) is 8.78 Å². The number of halogens is 2. The van der Waals surface area contributed by atoms with Gasteiger partial charge < -0.3 is 0 Å². The number of aryl methyl sites for hydroxylation is 1. The zero-order chi connectivity index (χ0) is 17.2. The Morgan fingerprint density at radius 2 is 1.50 bits per heavy atom. The van der Waals surface area contributed by atoms with Gasteiger partial charge in [0, 0.05) is 0 Å². The van der Waals surface area contributed by atoms with Crippen LogP contribution in [-0.2, 0) is 6.42 Å². The van der Waals surface area contributed by atoms with Gasteiger partial charge in [0.25, 0.3) is 0 Å². The Morgan fingerprint density at radius 1 is 0.833 bits per heavy atom. The van der Waals surface area contributed by atoms with Gasteiger partial charge in [0.05, 0.1) is 12.4 Å². The van der Waals surface area contributed by atoms with E-state index in [2.05, 4.69) is 41.4 Å². The lowest BCUT2D eigenvalue weighted by Crippen LogP contribution is -1.88. The van der Waals surface area contributed by atoms with Crippen LogP contribution in [0.15, 0.2) is 64.8 Å². The number of hydrogen-bond acceptors (Lipinski definition) is 2. The van der Waals surface area contributed by atoms with Crippen molar-refractivity contribution in [2.45, 2.75) is 26.2 Å². The van der Waals surface area contributed by atoms with Gasteiger partial charge in [-0.1, -0.05) is 49.4 Å². The average molecular weight is 326 g/mol. The van der Waals surface area contributed by atoms with Crippen molar-refractivity contribution < 1.29 is 8.78 Å².